The van der Waals surface area contributed by atoms with Crippen LogP contribution in [0.2, 0.25) is 5.02 Å². The van der Waals surface area contributed by atoms with Gasteiger partial charge in [-0.15, -0.1) is 0 Å². The third kappa shape index (κ3) is 4.47. The van der Waals surface area contributed by atoms with Crippen molar-refractivity contribution >= 4 is 29.5 Å². The first-order valence-electron chi connectivity index (χ1n) is 14.1. The summed E-state index contributed by atoms with van der Waals surface area (Å²) in [7, 11) is 3.55. The van der Waals surface area contributed by atoms with Gasteiger partial charge in [0.05, 0.1) is 29.8 Å². The molecule has 0 bridgehead atoms. The number of fused-ring (bicyclic) bond motifs is 4. The van der Waals surface area contributed by atoms with Gasteiger partial charge in [-0.05, 0) is 62.5 Å². The monoisotopic (exact) mass is 586 g/mol. The quantitative estimate of drug-likeness (QED) is 0.291. The Morgan fingerprint density at radius 3 is 2.49 bits per heavy atom. The fraction of sp³-hybridized carbons (Fsp3) is 0.533. The standard InChI is InChI=1S/C30H35ClN2O8/c1-5-7-9-39-19-13-16(14-34)23(31)17-11-15-12-18-24(33(3)4)26-22(29(32-41-26)40-10-8-6-2)28(37)30(18,38)27(36)20(15)25(35)21(17)19/h13-15,18,24,36,38H,5-12H2,1-4H3/t15-,18-,24-,30-/m0/s1. The summed E-state index contributed by atoms with van der Waals surface area (Å²) in [5.74, 6) is -3.16. The van der Waals surface area contributed by atoms with Crippen LogP contribution in [0.3, 0.4) is 0 Å². The number of ketones is 2. The maximum atomic E-state index is 14.1. The van der Waals surface area contributed by atoms with Crippen molar-refractivity contribution < 1.29 is 38.6 Å². The van der Waals surface area contributed by atoms with Crippen LogP contribution < -0.4 is 9.47 Å². The molecule has 11 heteroatoms. The van der Waals surface area contributed by atoms with Crippen molar-refractivity contribution in [2.45, 2.75) is 64.0 Å². The Morgan fingerprint density at radius 2 is 1.85 bits per heavy atom. The van der Waals surface area contributed by atoms with Gasteiger partial charge in [0.15, 0.2) is 23.4 Å². The highest BCUT2D eigenvalue weighted by atomic mass is 35.5. The first-order valence-corrected chi connectivity index (χ1v) is 14.5. The number of nitrogens with zero attached hydrogens (tertiary/aromatic N) is 2. The van der Waals surface area contributed by atoms with E-state index >= 15 is 0 Å². The average Bonchev–Trinajstić information content (AvgIpc) is 3.35. The van der Waals surface area contributed by atoms with E-state index < -0.39 is 40.8 Å². The first-order chi connectivity index (χ1) is 19.6. The van der Waals surface area contributed by atoms with E-state index in [9.17, 15) is 24.6 Å². The lowest BCUT2D eigenvalue weighted by molar-refractivity contribution is -0.0559. The summed E-state index contributed by atoms with van der Waals surface area (Å²) in [5.41, 5.74) is -1.70. The Bertz CT molecular complexity index is 1430. The van der Waals surface area contributed by atoms with Crippen LogP contribution in [0, 0.1) is 11.8 Å². The molecule has 5 rings (SSSR count). The molecule has 0 saturated heterocycles. The highest BCUT2D eigenvalue weighted by molar-refractivity contribution is 6.35. The molecule has 2 N–H and O–H groups in total. The van der Waals surface area contributed by atoms with Crippen molar-refractivity contribution in [1.29, 1.82) is 0 Å². The molecule has 1 aromatic carbocycles. The minimum atomic E-state index is -2.41. The van der Waals surface area contributed by atoms with E-state index in [1.807, 2.05) is 13.8 Å². The molecule has 0 fully saturated rings. The Morgan fingerprint density at radius 1 is 1.17 bits per heavy atom. The molecule has 220 valence electrons. The van der Waals surface area contributed by atoms with Gasteiger partial charge in [0.1, 0.15) is 17.1 Å². The van der Waals surface area contributed by atoms with E-state index in [-0.39, 0.29) is 57.5 Å². The Hall–Kier alpha value is -3.21. The second-order valence-electron chi connectivity index (χ2n) is 11.2. The Balaban J connectivity index is 1.66. The molecule has 0 unspecified atom stereocenters. The maximum absolute atomic E-state index is 14.1. The molecule has 0 saturated carbocycles. The van der Waals surface area contributed by atoms with E-state index in [4.69, 9.17) is 25.6 Å². The number of Topliss-reactive ketones (excluding diaryl/α,β-unsaturated/α-hetero) is 2. The van der Waals surface area contributed by atoms with Crippen molar-refractivity contribution in [3.8, 4) is 11.6 Å². The molecule has 3 aliphatic carbocycles. The number of aliphatic hydroxyl groups excluding tert-OH is 1. The average molecular weight is 587 g/mol. The summed E-state index contributed by atoms with van der Waals surface area (Å²) in [6.07, 6.45) is 4.16. The van der Waals surface area contributed by atoms with Gasteiger partial charge in [0, 0.05) is 17.1 Å². The Kier molecular flexibility index (Phi) is 8.02. The van der Waals surface area contributed by atoms with Gasteiger partial charge in [0.25, 0.3) is 5.88 Å². The number of aldehydes is 1. The zero-order valence-electron chi connectivity index (χ0n) is 23.7. The van der Waals surface area contributed by atoms with Gasteiger partial charge in [-0.1, -0.05) is 38.3 Å². The molecule has 2 aromatic rings. The van der Waals surface area contributed by atoms with Crippen molar-refractivity contribution in [1.82, 2.24) is 10.1 Å². The summed E-state index contributed by atoms with van der Waals surface area (Å²) in [6.45, 7) is 4.61. The number of carbonyl (C=O) groups excluding carboxylic acids is 3. The van der Waals surface area contributed by atoms with Crippen LogP contribution in [-0.2, 0) is 6.42 Å². The van der Waals surface area contributed by atoms with Gasteiger partial charge < -0.3 is 24.2 Å². The molecular formula is C30H35ClN2O8. The number of allylic oxidation sites excluding steroid dienone is 1. The summed E-state index contributed by atoms with van der Waals surface area (Å²) >= 11 is 6.62. The number of hydrogen-bond donors (Lipinski definition) is 2. The molecule has 3 aliphatic rings. The van der Waals surface area contributed by atoms with Crippen LogP contribution in [-0.4, -0.2) is 71.0 Å². The molecule has 0 amide bonds. The fourth-order valence-corrected chi connectivity index (χ4v) is 6.69. The lowest BCUT2D eigenvalue weighted by Crippen LogP contribution is -2.59. The number of benzene rings is 1. The van der Waals surface area contributed by atoms with Crippen LogP contribution in [0.1, 0.15) is 94.4 Å². The van der Waals surface area contributed by atoms with Crippen LogP contribution >= 0.6 is 11.6 Å². The van der Waals surface area contributed by atoms with Gasteiger partial charge in [-0.2, -0.15) is 0 Å². The minimum absolute atomic E-state index is 0.0323. The number of hydrogen-bond acceptors (Lipinski definition) is 10. The number of carbonyl (C=O) groups is 3. The SMILES string of the molecule is CCCCOc1cc(C=O)c(Cl)c2c1C(=O)C1=C(O)[C@]3(O)C(=O)c4c(OCCCC)noc4[C@@H](N(C)C)[C@@H]3C[C@@H]1C2. The topological polar surface area (TPSA) is 139 Å². The zero-order valence-corrected chi connectivity index (χ0v) is 24.4. The lowest BCUT2D eigenvalue weighted by Gasteiger charge is -2.49. The van der Waals surface area contributed by atoms with E-state index in [2.05, 4.69) is 5.16 Å². The molecule has 0 aliphatic heterocycles. The van der Waals surface area contributed by atoms with Gasteiger partial charge in [-0.25, -0.2) is 0 Å². The van der Waals surface area contributed by atoms with Gasteiger partial charge >= 0.3 is 0 Å². The molecule has 4 atom stereocenters. The molecule has 0 radical (unpaired) electrons. The second kappa shape index (κ2) is 11.2. The molecule has 41 heavy (non-hydrogen) atoms. The van der Waals surface area contributed by atoms with Gasteiger partial charge in [-0.3, -0.25) is 19.3 Å². The minimum Gasteiger partial charge on any atom is -0.508 e. The molecule has 0 spiro atoms. The fourth-order valence-electron chi connectivity index (χ4n) is 6.42. The van der Waals surface area contributed by atoms with Crippen molar-refractivity contribution in [3.63, 3.8) is 0 Å². The molecule has 10 nitrogen and oxygen atoms in total. The predicted molar refractivity (Wildman–Crippen MR) is 149 cm³/mol. The lowest BCUT2D eigenvalue weighted by atomic mass is 9.58. The van der Waals surface area contributed by atoms with Crippen LogP contribution in [0.5, 0.6) is 11.6 Å². The zero-order chi connectivity index (χ0) is 29.6. The van der Waals surface area contributed by atoms with Crippen molar-refractivity contribution in [2.75, 3.05) is 27.3 Å². The second-order valence-corrected chi connectivity index (χ2v) is 11.6. The van der Waals surface area contributed by atoms with Crippen molar-refractivity contribution in [3.05, 3.63) is 50.4 Å². The maximum Gasteiger partial charge on any atom is 0.265 e. The van der Waals surface area contributed by atoms with Crippen LogP contribution in [0.25, 0.3) is 0 Å². The van der Waals surface area contributed by atoms with E-state index in [1.165, 1.54) is 6.07 Å². The third-order valence-corrected chi connectivity index (χ3v) is 8.91. The summed E-state index contributed by atoms with van der Waals surface area (Å²) in [6, 6.07) is 0.769. The normalized spacial score (nSPS) is 25.0. The summed E-state index contributed by atoms with van der Waals surface area (Å²) < 4.78 is 17.3. The smallest absolute Gasteiger partial charge is 0.265 e. The first kappa shape index (κ1) is 29.3. The van der Waals surface area contributed by atoms with E-state index in [1.54, 1.807) is 19.0 Å². The van der Waals surface area contributed by atoms with Crippen LogP contribution in [0.15, 0.2) is 21.9 Å². The highest BCUT2D eigenvalue weighted by Gasteiger charge is 2.64. The molecule has 1 heterocycles. The number of ether oxygens (including phenoxy) is 2. The predicted octanol–water partition coefficient (Wildman–Crippen LogP) is 4.92. The Labute approximate surface area is 243 Å². The number of unbranched alkanes of at least 4 members (excludes halogenated alkanes) is 2. The summed E-state index contributed by atoms with van der Waals surface area (Å²) in [5, 5.41) is 28.0. The number of aliphatic hydroxyl groups is 2. The summed E-state index contributed by atoms with van der Waals surface area (Å²) in [4.78, 5) is 41.8. The molecular weight excluding hydrogens is 552 g/mol. The van der Waals surface area contributed by atoms with Crippen LogP contribution in [0.4, 0.5) is 0 Å². The number of rotatable bonds is 10. The van der Waals surface area contributed by atoms with E-state index in [0.717, 1.165) is 25.7 Å². The number of aromatic nitrogens is 1. The molecule has 1 aromatic heterocycles. The van der Waals surface area contributed by atoms with Gasteiger partial charge in [0.2, 0.25) is 5.78 Å². The largest absolute Gasteiger partial charge is 0.508 e. The van der Waals surface area contributed by atoms with E-state index in [0.29, 0.717) is 25.1 Å². The third-order valence-electron chi connectivity index (χ3n) is 8.46. The highest BCUT2D eigenvalue weighted by Crippen LogP contribution is 2.56. The van der Waals surface area contributed by atoms with Crippen molar-refractivity contribution in [2.24, 2.45) is 11.8 Å². The number of halogens is 1.